The number of aryl methyl sites for hydroxylation is 3. The van der Waals surface area contributed by atoms with Crippen molar-refractivity contribution in [1.82, 2.24) is 24.0 Å². The number of amides is 1. The van der Waals surface area contributed by atoms with Gasteiger partial charge in [-0.2, -0.15) is 13.2 Å². The molecule has 0 aliphatic heterocycles. The van der Waals surface area contributed by atoms with E-state index in [1.54, 1.807) is 46.9 Å². The van der Waals surface area contributed by atoms with Gasteiger partial charge in [0.05, 0.1) is 10.9 Å². The van der Waals surface area contributed by atoms with Crippen LogP contribution in [-0.2, 0) is 43.4 Å². The molecule has 0 bridgehead atoms. The first-order valence-electron chi connectivity index (χ1n) is 16.0. The number of imidazole rings is 1. The molecule has 0 aliphatic carbocycles. The maximum Gasteiger partial charge on any atom is 0.416 e. The Kier molecular flexibility index (Phi) is 10.3. The molecule has 0 saturated carbocycles. The first kappa shape index (κ1) is 35.5. The minimum atomic E-state index is -4.43. The Morgan fingerprint density at radius 3 is 2.29 bits per heavy atom. The quantitative estimate of drug-likeness (QED) is 0.127. The summed E-state index contributed by atoms with van der Waals surface area (Å²) < 4.78 is 71.1. The van der Waals surface area contributed by atoms with Gasteiger partial charge >= 0.3 is 6.18 Å². The largest absolute Gasteiger partial charge is 0.416 e. The molecule has 0 radical (unpaired) electrons. The smallest absolute Gasteiger partial charge is 0.335 e. The highest BCUT2D eigenvalue weighted by molar-refractivity contribution is 6.29. The number of carbonyl (C=O) groups is 1. The molecule has 7 nitrogen and oxygen atoms in total. The minimum absolute atomic E-state index is 0.0746. The van der Waals surface area contributed by atoms with Gasteiger partial charge in [-0.05, 0) is 72.4 Å². The molecule has 0 atom stereocenters. The van der Waals surface area contributed by atoms with E-state index in [9.17, 15) is 31.5 Å². The van der Waals surface area contributed by atoms with E-state index in [0.717, 1.165) is 23.8 Å². The highest BCUT2D eigenvalue weighted by Gasteiger charge is 2.30. The van der Waals surface area contributed by atoms with E-state index in [-0.39, 0.29) is 55.0 Å². The number of aromatic nitrogens is 4. The van der Waals surface area contributed by atoms with Crippen molar-refractivity contribution >= 4 is 28.5 Å². The molecule has 0 unspecified atom stereocenters. The topological polar surface area (TPSA) is 73.0 Å². The van der Waals surface area contributed by atoms with Gasteiger partial charge in [-0.15, -0.1) is 0 Å². The summed E-state index contributed by atoms with van der Waals surface area (Å²) in [5.41, 5.74) is 1.89. The van der Waals surface area contributed by atoms with Crippen LogP contribution in [-0.4, -0.2) is 36.5 Å². The van der Waals surface area contributed by atoms with E-state index >= 15 is 0 Å². The van der Waals surface area contributed by atoms with Crippen molar-refractivity contribution in [2.45, 2.75) is 45.6 Å². The Bertz CT molecular complexity index is 2250. The van der Waals surface area contributed by atoms with Crippen molar-refractivity contribution in [2.75, 3.05) is 6.54 Å². The number of pyridine rings is 2. The van der Waals surface area contributed by atoms with Gasteiger partial charge in [-0.1, -0.05) is 60.1 Å². The Labute approximate surface area is 294 Å². The van der Waals surface area contributed by atoms with Gasteiger partial charge < -0.3 is 14.0 Å². The van der Waals surface area contributed by atoms with E-state index in [2.05, 4.69) is 9.97 Å². The van der Waals surface area contributed by atoms with Crippen LogP contribution >= 0.6 is 11.6 Å². The lowest BCUT2D eigenvalue weighted by Crippen LogP contribution is -2.37. The summed E-state index contributed by atoms with van der Waals surface area (Å²) in [6.07, 6.45) is -1.04. The first-order chi connectivity index (χ1) is 24.4. The third-order valence-corrected chi connectivity index (χ3v) is 8.89. The molecule has 1 amide bonds. The van der Waals surface area contributed by atoms with Gasteiger partial charge in [-0.25, -0.2) is 18.7 Å². The summed E-state index contributed by atoms with van der Waals surface area (Å²) in [5.74, 6) is -1.58. The number of hydrogen-bond donors (Lipinski definition) is 0. The molecule has 3 aromatic carbocycles. The average molecular weight is 720 g/mol. The SMILES string of the molecule is Cc1nc(Cl)cn1CCN(Cc1ccc(-c2ccc(C(F)(F)F)cc2)cc1)C(=O)Cn1c(CCc2cccc(F)c2F)cc(=O)c2cccnc21. The monoisotopic (exact) mass is 719 g/mol. The number of alkyl halides is 3. The molecule has 3 heterocycles. The van der Waals surface area contributed by atoms with Crippen LogP contribution in [0.5, 0.6) is 0 Å². The predicted octanol–water partition coefficient (Wildman–Crippen LogP) is 8.03. The first-order valence-corrected chi connectivity index (χ1v) is 16.4. The Balaban J connectivity index is 1.29. The molecule has 51 heavy (non-hydrogen) atoms. The van der Waals surface area contributed by atoms with Crippen LogP contribution < -0.4 is 5.43 Å². The molecule has 0 spiro atoms. The van der Waals surface area contributed by atoms with E-state index < -0.39 is 23.4 Å². The van der Waals surface area contributed by atoms with Crippen molar-refractivity contribution in [3.63, 3.8) is 0 Å². The number of benzene rings is 3. The van der Waals surface area contributed by atoms with E-state index in [0.29, 0.717) is 39.7 Å². The highest BCUT2D eigenvalue weighted by atomic mass is 35.5. The van der Waals surface area contributed by atoms with Crippen molar-refractivity contribution < 1.29 is 26.7 Å². The van der Waals surface area contributed by atoms with Crippen LogP contribution in [0.15, 0.2) is 102 Å². The maximum absolute atomic E-state index is 14.5. The van der Waals surface area contributed by atoms with Crippen molar-refractivity contribution in [3.8, 4) is 11.1 Å². The van der Waals surface area contributed by atoms with Crippen LogP contribution in [0.2, 0.25) is 5.15 Å². The third kappa shape index (κ3) is 8.18. The molecule has 3 aromatic heterocycles. The van der Waals surface area contributed by atoms with Crippen molar-refractivity contribution in [3.05, 3.63) is 153 Å². The summed E-state index contributed by atoms with van der Waals surface area (Å²) >= 11 is 6.11. The number of carbonyl (C=O) groups excluding carboxylic acids is 1. The highest BCUT2D eigenvalue weighted by Crippen LogP contribution is 2.31. The molecule has 0 aliphatic rings. The molecule has 13 heteroatoms. The van der Waals surface area contributed by atoms with Gasteiger partial charge in [0, 0.05) is 43.8 Å². The van der Waals surface area contributed by atoms with Crippen LogP contribution in [0.4, 0.5) is 22.0 Å². The second kappa shape index (κ2) is 14.9. The van der Waals surface area contributed by atoms with Gasteiger partial charge in [0.15, 0.2) is 17.1 Å². The summed E-state index contributed by atoms with van der Waals surface area (Å²) in [6, 6.07) is 20.6. The lowest BCUT2D eigenvalue weighted by molar-refractivity contribution is -0.137. The van der Waals surface area contributed by atoms with Gasteiger partial charge in [-0.3, -0.25) is 9.59 Å². The second-order valence-corrected chi connectivity index (χ2v) is 12.5. The molecule has 0 N–H and O–H groups in total. The van der Waals surface area contributed by atoms with Crippen LogP contribution in [0.25, 0.3) is 22.2 Å². The molecular formula is C38H31ClF5N5O2. The van der Waals surface area contributed by atoms with E-state index in [4.69, 9.17) is 11.6 Å². The fourth-order valence-corrected chi connectivity index (χ4v) is 6.20. The molecule has 6 aromatic rings. The van der Waals surface area contributed by atoms with Crippen LogP contribution in [0.3, 0.4) is 0 Å². The number of rotatable bonds is 11. The number of fused-ring (bicyclic) bond motifs is 1. The van der Waals surface area contributed by atoms with Gasteiger partial charge in [0.2, 0.25) is 5.91 Å². The lowest BCUT2D eigenvalue weighted by atomic mass is 10.0. The molecule has 0 fully saturated rings. The van der Waals surface area contributed by atoms with E-state index in [1.807, 2.05) is 16.7 Å². The van der Waals surface area contributed by atoms with Crippen LogP contribution in [0, 0.1) is 18.6 Å². The average Bonchev–Trinajstić information content (AvgIpc) is 3.44. The van der Waals surface area contributed by atoms with Gasteiger partial charge in [0.1, 0.15) is 23.2 Å². The fourth-order valence-electron chi connectivity index (χ4n) is 5.96. The van der Waals surface area contributed by atoms with Crippen molar-refractivity contribution in [1.29, 1.82) is 0 Å². The van der Waals surface area contributed by atoms with Gasteiger partial charge in [0.25, 0.3) is 0 Å². The normalized spacial score (nSPS) is 11.7. The molecule has 0 saturated heterocycles. The lowest BCUT2D eigenvalue weighted by Gasteiger charge is -2.25. The Morgan fingerprint density at radius 2 is 1.63 bits per heavy atom. The Morgan fingerprint density at radius 1 is 0.922 bits per heavy atom. The number of halogens is 6. The summed E-state index contributed by atoms with van der Waals surface area (Å²) in [4.78, 5) is 37.6. The molecule has 262 valence electrons. The second-order valence-electron chi connectivity index (χ2n) is 12.1. The zero-order chi connectivity index (χ0) is 36.3. The zero-order valence-corrected chi connectivity index (χ0v) is 28.1. The van der Waals surface area contributed by atoms with Crippen LogP contribution in [0.1, 0.15) is 28.2 Å². The molecular weight excluding hydrogens is 689 g/mol. The number of hydrogen-bond acceptors (Lipinski definition) is 4. The standard InChI is InChI=1S/C38H31ClF5N5O2/c1-24-46-34(39)22-47(24)18-19-48(21-25-7-9-26(10-8-25)27-11-14-29(15-12-27)38(42,43)44)35(51)23-49-30(16-13-28-4-2-6-32(40)36(28)41)20-33(50)31-5-3-17-45-37(31)49/h2-12,14-15,17,20,22H,13,16,18-19,21,23H2,1H3. The summed E-state index contributed by atoms with van der Waals surface area (Å²) in [7, 11) is 0. The van der Waals surface area contributed by atoms with Crippen molar-refractivity contribution in [2.24, 2.45) is 0 Å². The number of nitrogens with zero attached hydrogens (tertiary/aromatic N) is 5. The molecule has 6 rings (SSSR count). The zero-order valence-electron chi connectivity index (χ0n) is 27.3. The van der Waals surface area contributed by atoms with E-state index in [1.165, 1.54) is 36.5 Å². The summed E-state index contributed by atoms with van der Waals surface area (Å²) in [6.45, 7) is 2.40. The minimum Gasteiger partial charge on any atom is -0.335 e. The summed E-state index contributed by atoms with van der Waals surface area (Å²) in [5, 5.41) is 0.620. The predicted molar refractivity (Wildman–Crippen MR) is 184 cm³/mol. The fraction of sp³-hybridized carbons (Fsp3) is 0.211. The third-order valence-electron chi connectivity index (χ3n) is 8.71. The Hall–Kier alpha value is -5.36. The maximum atomic E-state index is 14.5.